The van der Waals surface area contributed by atoms with Crippen molar-refractivity contribution >= 4 is 58.8 Å². The minimum Gasteiger partial charge on any atom is -0.494 e. The van der Waals surface area contributed by atoms with Crippen molar-refractivity contribution in [1.82, 2.24) is 0 Å². The number of unbranched alkanes of at least 4 members (excludes halogenated alkanes) is 25. The Morgan fingerprint density at radius 1 is 0.264 bits per heavy atom. The van der Waals surface area contributed by atoms with E-state index in [0.717, 1.165) is 0 Å². The van der Waals surface area contributed by atoms with Gasteiger partial charge < -0.3 is 4.74 Å². The normalized spacial score (nSPS) is 11.6. The largest absolute Gasteiger partial charge is 0.494 e. The molecule has 6 heteroatoms. The van der Waals surface area contributed by atoms with Crippen LogP contribution in [-0.2, 0) is 0 Å². The first-order valence-electron chi connectivity index (χ1n) is 23.1. The predicted octanol–water partition coefficient (Wildman–Crippen LogP) is 19.0. The standard InChI is InChI=1S/C47H88OS5/c1-7-12-17-22-27-32-37-49-43-42(48-6)44(50-38-33-28-23-18-13-8-2)46(52-40-35-30-25-20-15-10-4)47(53-41-36-31-26-21-16-11-5)45(43)51-39-34-29-24-19-14-9-3/h7-41H2,1-6H3. The second-order valence-electron chi connectivity index (χ2n) is 15.3. The molecule has 0 amide bonds. The van der Waals surface area contributed by atoms with Gasteiger partial charge >= 0.3 is 0 Å². The van der Waals surface area contributed by atoms with Crippen LogP contribution in [0.25, 0.3) is 0 Å². The molecule has 0 aliphatic heterocycles. The van der Waals surface area contributed by atoms with Crippen LogP contribution in [0.15, 0.2) is 24.5 Å². The zero-order chi connectivity index (χ0) is 38.5. The number of benzene rings is 1. The van der Waals surface area contributed by atoms with E-state index in [0.29, 0.717) is 0 Å². The molecule has 0 N–H and O–H groups in total. The number of hydrogen-bond acceptors (Lipinski definition) is 6. The van der Waals surface area contributed by atoms with E-state index in [1.165, 1.54) is 237 Å². The molecule has 1 nitrogen and oxygen atoms in total. The minimum absolute atomic E-state index is 1.21. The number of methoxy groups -OCH3 is 1. The zero-order valence-corrected chi connectivity index (χ0v) is 40.3. The molecule has 0 aliphatic carbocycles. The van der Waals surface area contributed by atoms with Gasteiger partial charge in [-0.15, -0.1) is 58.8 Å². The van der Waals surface area contributed by atoms with E-state index in [-0.39, 0.29) is 0 Å². The van der Waals surface area contributed by atoms with Crippen molar-refractivity contribution in [2.75, 3.05) is 35.9 Å². The van der Waals surface area contributed by atoms with Gasteiger partial charge in [-0.2, -0.15) is 0 Å². The summed E-state index contributed by atoms with van der Waals surface area (Å²) in [5, 5.41) is 0. The van der Waals surface area contributed by atoms with E-state index in [1.807, 2.05) is 7.11 Å². The van der Waals surface area contributed by atoms with Gasteiger partial charge in [0.1, 0.15) is 5.75 Å². The Morgan fingerprint density at radius 2 is 0.453 bits per heavy atom. The summed E-state index contributed by atoms with van der Waals surface area (Å²) in [6.45, 7) is 11.6. The van der Waals surface area contributed by atoms with Gasteiger partial charge in [-0.1, -0.05) is 195 Å². The molecule has 0 heterocycles. The zero-order valence-electron chi connectivity index (χ0n) is 36.2. The molecule has 0 unspecified atom stereocenters. The smallest absolute Gasteiger partial charge is 0.148 e. The molecular weight excluding hydrogens is 741 g/mol. The van der Waals surface area contributed by atoms with Crippen LogP contribution < -0.4 is 4.74 Å². The van der Waals surface area contributed by atoms with Gasteiger partial charge in [0.25, 0.3) is 0 Å². The summed E-state index contributed by atoms with van der Waals surface area (Å²) in [7, 11) is 1.98. The summed E-state index contributed by atoms with van der Waals surface area (Å²) in [6, 6.07) is 0. The monoisotopic (exact) mass is 829 g/mol. The molecule has 0 aromatic heterocycles. The average Bonchev–Trinajstić information content (AvgIpc) is 3.17. The lowest BCUT2D eigenvalue weighted by atomic mass is 10.1. The summed E-state index contributed by atoms with van der Waals surface area (Å²) in [5.41, 5.74) is 0. The fourth-order valence-electron chi connectivity index (χ4n) is 6.74. The third-order valence-electron chi connectivity index (χ3n) is 10.2. The first-order valence-corrected chi connectivity index (χ1v) is 28.0. The Morgan fingerprint density at radius 3 is 0.679 bits per heavy atom. The van der Waals surface area contributed by atoms with Gasteiger partial charge in [-0.05, 0) is 60.9 Å². The fraction of sp³-hybridized carbons (Fsp3) is 0.872. The first kappa shape index (κ1) is 51.8. The highest BCUT2D eigenvalue weighted by molar-refractivity contribution is 8.05. The first-order chi connectivity index (χ1) is 26.2. The molecule has 0 saturated carbocycles. The van der Waals surface area contributed by atoms with Gasteiger partial charge in [0.15, 0.2) is 0 Å². The third kappa shape index (κ3) is 26.4. The highest BCUT2D eigenvalue weighted by Gasteiger charge is 2.26. The van der Waals surface area contributed by atoms with E-state index < -0.39 is 0 Å². The van der Waals surface area contributed by atoms with Crippen molar-refractivity contribution in [3.8, 4) is 5.75 Å². The van der Waals surface area contributed by atoms with Crippen molar-refractivity contribution in [2.45, 2.75) is 252 Å². The maximum atomic E-state index is 6.58. The molecule has 1 rings (SSSR count). The third-order valence-corrected chi connectivity index (χ3v) is 16.6. The molecule has 0 spiro atoms. The van der Waals surface area contributed by atoms with Gasteiger partial charge in [0, 0.05) is 14.7 Å². The second kappa shape index (κ2) is 39.6. The van der Waals surface area contributed by atoms with E-state index in [2.05, 4.69) is 93.4 Å². The van der Waals surface area contributed by atoms with Gasteiger partial charge in [0.05, 0.1) is 16.9 Å². The Balaban J connectivity index is 3.48. The Bertz CT molecular complexity index is 877. The van der Waals surface area contributed by atoms with Crippen LogP contribution in [0.2, 0.25) is 0 Å². The maximum Gasteiger partial charge on any atom is 0.148 e. The molecule has 1 aromatic rings. The van der Waals surface area contributed by atoms with E-state index in [9.17, 15) is 0 Å². The Hall–Kier alpha value is 0.770. The summed E-state index contributed by atoms with van der Waals surface area (Å²) in [6.07, 6.45) is 41.0. The van der Waals surface area contributed by atoms with Crippen molar-refractivity contribution in [2.24, 2.45) is 0 Å². The van der Waals surface area contributed by atoms with Crippen molar-refractivity contribution < 1.29 is 4.74 Å². The van der Waals surface area contributed by atoms with Gasteiger partial charge in [0.2, 0.25) is 0 Å². The van der Waals surface area contributed by atoms with Crippen LogP contribution in [0, 0.1) is 0 Å². The SMILES string of the molecule is CCCCCCCCSc1c(OC)c(SCCCCCCCC)c(SCCCCCCCC)c(SCCCCCCCC)c1SCCCCCCCC. The summed E-state index contributed by atoms with van der Waals surface area (Å²) in [4.78, 5) is 7.75. The highest BCUT2D eigenvalue weighted by Crippen LogP contribution is 2.55. The fourth-order valence-corrected chi connectivity index (χ4v) is 13.7. The predicted molar refractivity (Wildman–Crippen MR) is 253 cm³/mol. The summed E-state index contributed by atoms with van der Waals surface area (Å²) >= 11 is 10.9. The van der Waals surface area contributed by atoms with Crippen LogP contribution in [0.4, 0.5) is 0 Å². The Kier molecular flexibility index (Phi) is 38.7. The molecule has 0 aliphatic rings. The number of rotatable bonds is 41. The van der Waals surface area contributed by atoms with E-state index >= 15 is 0 Å². The number of ether oxygens (including phenoxy) is 1. The highest BCUT2D eigenvalue weighted by atomic mass is 32.2. The second-order valence-corrected chi connectivity index (χ2v) is 20.8. The molecule has 0 saturated heterocycles. The summed E-state index contributed by atoms with van der Waals surface area (Å²) in [5.74, 6) is 7.35. The van der Waals surface area contributed by atoms with Crippen LogP contribution in [0.5, 0.6) is 5.75 Å². The van der Waals surface area contributed by atoms with Crippen LogP contribution >= 0.6 is 58.8 Å². The molecule has 0 bridgehead atoms. The Labute approximate surface area is 354 Å². The maximum absolute atomic E-state index is 6.58. The molecule has 53 heavy (non-hydrogen) atoms. The average molecular weight is 830 g/mol. The van der Waals surface area contributed by atoms with Crippen LogP contribution in [0.3, 0.4) is 0 Å². The quantitative estimate of drug-likeness (QED) is 0.0477. The number of thioether (sulfide) groups is 5. The minimum atomic E-state index is 1.21. The van der Waals surface area contributed by atoms with Gasteiger partial charge in [-0.25, -0.2) is 0 Å². The van der Waals surface area contributed by atoms with Crippen molar-refractivity contribution in [3.63, 3.8) is 0 Å². The topological polar surface area (TPSA) is 9.23 Å². The van der Waals surface area contributed by atoms with Crippen molar-refractivity contribution in [3.05, 3.63) is 0 Å². The molecular formula is C47H88OS5. The van der Waals surface area contributed by atoms with E-state index in [1.54, 1.807) is 14.7 Å². The lowest BCUT2D eigenvalue weighted by Crippen LogP contribution is -2.01. The van der Waals surface area contributed by atoms with Gasteiger partial charge in [-0.3, -0.25) is 0 Å². The molecule has 312 valence electrons. The van der Waals surface area contributed by atoms with Crippen LogP contribution in [-0.4, -0.2) is 35.9 Å². The molecule has 0 fully saturated rings. The molecule has 0 atom stereocenters. The lowest BCUT2D eigenvalue weighted by Gasteiger charge is -2.25. The van der Waals surface area contributed by atoms with Crippen molar-refractivity contribution in [1.29, 1.82) is 0 Å². The van der Waals surface area contributed by atoms with Crippen LogP contribution in [0.1, 0.15) is 227 Å². The molecule has 1 aromatic carbocycles. The lowest BCUT2D eigenvalue weighted by molar-refractivity contribution is 0.387. The summed E-state index contributed by atoms with van der Waals surface area (Å²) < 4.78 is 6.58. The van der Waals surface area contributed by atoms with E-state index in [4.69, 9.17) is 4.74 Å². The number of hydrogen-bond donors (Lipinski definition) is 0. The molecule has 0 radical (unpaired) electrons.